The maximum Gasteiger partial charge on any atom is 0.227 e. The van der Waals surface area contributed by atoms with E-state index in [0.29, 0.717) is 5.89 Å². The van der Waals surface area contributed by atoms with Crippen LogP contribution in [0.1, 0.15) is 5.56 Å². The first-order valence-electron chi connectivity index (χ1n) is 8.91. The van der Waals surface area contributed by atoms with Gasteiger partial charge in [0.15, 0.2) is 17.2 Å². The quantitative estimate of drug-likeness (QED) is 0.362. The van der Waals surface area contributed by atoms with Gasteiger partial charge in [0.1, 0.15) is 5.58 Å². The molecule has 5 aromatic rings. The van der Waals surface area contributed by atoms with Crippen LogP contribution in [-0.2, 0) is 0 Å². The summed E-state index contributed by atoms with van der Waals surface area (Å²) >= 11 is 0. The summed E-state index contributed by atoms with van der Waals surface area (Å²) < 4.78 is 12.4. The van der Waals surface area contributed by atoms with Gasteiger partial charge in [0.25, 0.3) is 0 Å². The van der Waals surface area contributed by atoms with Gasteiger partial charge in [-0.1, -0.05) is 66.7 Å². The number of hydrogen-bond donors (Lipinski definition) is 0. The van der Waals surface area contributed by atoms with Gasteiger partial charge in [-0.25, -0.2) is 4.98 Å². The summed E-state index contributed by atoms with van der Waals surface area (Å²) in [6.45, 7) is 2.06. The molecule has 0 fully saturated rings. The van der Waals surface area contributed by atoms with E-state index in [2.05, 4.69) is 13.0 Å². The third-order valence-corrected chi connectivity index (χ3v) is 4.74. The normalized spacial score (nSPS) is 11.1. The Labute approximate surface area is 156 Å². The minimum atomic E-state index is 0.587. The summed E-state index contributed by atoms with van der Waals surface area (Å²) in [7, 11) is 0. The number of aryl methyl sites for hydroxylation is 1. The van der Waals surface area contributed by atoms with Crippen molar-refractivity contribution in [3.8, 4) is 34.2 Å². The molecule has 3 aromatic carbocycles. The second kappa shape index (κ2) is 6.29. The number of aromatic nitrogens is 1. The molecule has 0 saturated heterocycles. The number of rotatable bonds is 3. The lowest BCUT2D eigenvalue weighted by Gasteiger charge is -1.99. The lowest BCUT2D eigenvalue weighted by molar-refractivity contribution is 0.587. The zero-order valence-corrected chi connectivity index (χ0v) is 14.8. The Hall–Kier alpha value is -3.59. The second-order valence-electron chi connectivity index (χ2n) is 6.48. The first-order chi connectivity index (χ1) is 13.3. The molecule has 0 bridgehead atoms. The molecule has 5 rings (SSSR count). The van der Waals surface area contributed by atoms with E-state index in [-0.39, 0.29) is 0 Å². The minimum Gasteiger partial charge on any atom is -0.454 e. The van der Waals surface area contributed by atoms with Crippen LogP contribution < -0.4 is 0 Å². The molecule has 0 spiro atoms. The molecule has 3 heteroatoms. The van der Waals surface area contributed by atoms with Crippen LogP contribution in [0, 0.1) is 6.92 Å². The Bertz CT molecular complexity index is 1220. The Morgan fingerprint density at radius 3 is 1.96 bits per heavy atom. The zero-order valence-electron chi connectivity index (χ0n) is 14.8. The molecule has 0 saturated carbocycles. The first kappa shape index (κ1) is 15.6. The number of para-hydroxylation sites is 1. The average Bonchev–Trinajstić information content (AvgIpc) is 3.31. The van der Waals surface area contributed by atoms with Crippen LogP contribution in [0.25, 0.3) is 45.2 Å². The molecule has 0 amide bonds. The fourth-order valence-corrected chi connectivity index (χ4v) is 3.36. The lowest BCUT2D eigenvalue weighted by atomic mass is 10.1. The highest BCUT2D eigenvalue weighted by Crippen LogP contribution is 2.40. The number of hydrogen-bond acceptors (Lipinski definition) is 3. The monoisotopic (exact) mass is 351 g/mol. The van der Waals surface area contributed by atoms with Crippen LogP contribution >= 0.6 is 0 Å². The van der Waals surface area contributed by atoms with Crippen LogP contribution in [0.3, 0.4) is 0 Å². The summed E-state index contributed by atoms with van der Waals surface area (Å²) in [5, 5.41) is 1.09. The largest absolute Gasteiger partial charge is 0.454 e. The van der Waals surface area contributed by atoms with Crippen LogP contribution in [0.5, 0.6) is 0 Å². The van der Waals surface area contributed by atoms with Crippen molar-refractivity contribution >= 4 is 11.0 Å². The highest BCUT2D eigenvalue weighted by molar-refractivity contribution is 5.90. The number of fused-ring (bicyclic) bond motifs is 1. The van der Waals surface area contributed by atoms with Crippen LogP contribution in [0.2, 0.25) is 0 Å². The van der Waals surface area contributed by atoms with Crippen molar-refractivity contribution in [1.82, 2.24) is 4.98 Å². The molecule has 130 valence electrons. The number of oxazole rings is 1. The average molecular weight is 351 g/mol. The van der Waals surface area contributed by atoms with E-state index in [9.17, 15) is 0 Å². The third kappa shape index (κ3) is 2.64. The van der Waals surface area contributed by atoms with Crippen LogP contribution in [0.4, 0.5) is 0 Å². The van der Waals surface area contributed by atoms with E-state index in [1.807, 2.05) is 78.9 Å². The molecule has 0 aliphatic heterocycles. The summed E-state index contributed by atoms with van der Waals surface area (Å²) in [6, 6.07) is 28.0. The van der Waals surface area contributed by atoms with Gasteiger partial charge in [0.05, 0.1) is 0 Å². The molecule has 0 aliphatic rings. The van der Waals surface area contributed by atoms with Gasteiger partial charge in [-0.3, -0.25) is 0 Å². The molecule has 2 heterocycles. The molecule has 3 nitrogen and oxygen atoms in total. The lowest BCUT2D eigenvalue weighted by Crippen LogP contribution is -1.83. The van der Waals surface area contributed by atoms with Gasteiger partial charge in [0.2, 0.25) is 5.89 Å². The Morgan fingerprint density at radius 2 is 1.26 bits per heavy atom. The van der Waals surface area contributed by atoms with Gasteiger partial charge in [0, 0.05) is 22.1 Å². The number of furan rings is 1. The van der Waals surface area contributed by atoms with Gasteiger partial charge in [-0.15, -0.1) is 0 Å². The fourth-order valence-electron chi connectivity index (χ4n) is 3.36. The number of benzene rings is 3. The molecule has 0 aliphatic carbocycles. The smallest absolute Gasteiger partial charge is 0.227 e. The van der Waals surface area contributed by atoms with Crippen molar-refractivity contribution in [2.45, 2.75) is 6.92 Å². The molecule has 2 aromatic heterocycles. The summed E-state index contributed by atoms with van der Waals surface area (Å²) in [6.07, 6.45) is 0. The fraction of sp³-hybridized carbons (Fsp3) is 0.0417. The summed E-state index contributed by atoms with van der Waals surface area (Å²) in [4.78, 5) is 4.82. The standard InChI is InChI=1S/C24H17NO2/c1-16-19-14-8-9-15-20(19)26-22(16)21-23(17-10-4-2-5-11-17)27-24(25-21)18-12-6-3-7-13-18/h2-15H,1H3. The predicted molar refractivity (Wildman–Crippen MR) is 107 cm³/mol. The maximum atomic E-state index is 6.22. The Kier molecular flexibility index (Phi) is 3.65. The van der Waals surface area contributed by atoms with Crippen molar-refractivity contribution in [1.29, 1.82) is 0 Å². The van der Waals surface area contributed by atoms with Gasteiger partial charge in [-0.2, -0.15) is 0 Å². The molecular weight excluding hydrogens is 334 g/mol. The van der Waals surface area contributed by atoms with E-state index in [1.54, 1.807) is 0 Å². The maximum absolute atomic E-state index is 6.22. The van der Waals surface area contributed by atoms with Gasteiger partial charge in [-0.05, 0) is 25.1 Å². The molecule has 0 unspecified atom stereocenters. The van der Waals surface area contributed by atoms with E-state index in [1.165, 1.54) is 0 Å². The topological polar surface area (TPSA) is 39.2 Å². The molecule has 27 heavy (non-hydrogen) atoms. The first-order valence-corrected chi connectivity index (χ1v) is 8.91. The molecule has 0 radical (unpaired) electrons. The van der Waals surface area contributed by atoms with Crippen LogP contribution in [0.15, 0.2) is 93.8 Å². The SMILES string of the molecule is Cc1c(-c2nc(-c3ccccc3)oc2-c2ccccc2)oc2ccccc12. The van der Waals surface area contributed by atoms with Crippen molar-refractivity contribution in [3.63, 3.8) is 0 Å². The van der Waals surface area contributed by atoms with Gasteiger partial charge < -0.3 is 8.83 Å². The van der Waals surface area contributed by atoms with E-state index >= 15 is 0 Å². The van der Waals surface area contributed by atoms with Crippen molar-refractivity contribution < 1.29 is 8.83 Å². The Balaban J connectivity index is 1.77. The van der Waals surface area contributed by atoms with Crippen molar-refractivity contribution in [2.75, 3.05) is 0 Å². The number of nitrogens with zero attached hydrogens (tertiary/aromatic N) is 1. The summed E-state index contributed by atoms with van der Waals surface area (Å²) in [5.74, 6) is 2.06. The van der Waals surface area contributed by atoms with Crippen molar-refractivity contribution in [3.05, 3.63) is 90.5 Å². The molecule has 0 atom stereocenters. The summed E-state index contributed by atoms with van der Waals surface area (Å²) in [5.41, 5.74) is 4.56. The van der Waals surface area contributed by atoms with E-state index in [0.717, 1.165) is 44.9 Å². The third-order valence-electron chi connectivity index (χ3n) is 4.74. The minimum absolute atomic E-state index is 0.587. The zero-order chi connectivity index (χ0) is 18.2. The highest BCUT2D eigenvalue weighted by atomic mass is 16.4. The second-order valence-corrected chi connectivity index (χ2v) is 6.48. The Morgan fingerprint density at radius 1 is 0.630 bits per heavy atom. The molecular formula is C24H17NO2. The highest BCUT2D eigenvalue weighted by Gasteiger charge is 2.23. The van der Waals surface area contributed by atoms with E-state index in [4.69, 9.17) is 13.8 Å². The molecule has 0 N–H and O–H groups in total. The van der Waals surface area contributed by atoms with Gasteiger partial charge >= 0.3 is 0 Å². The van der Waals surface area contributed by atoms with Crippen LogP contribution in [-0.4, -0.2) is 4.98 Å². The van der Waals surface area contributed by atoms with Crippen molar-refractivity contribution in [2.24, 2.45) is 0 Å². The van der Waals surface area contributed by atoms with E-state index < -0.39 is 0 Å². The predicted octanol–water partition coefficient (Wildman–Crippen LogP) is 6.73.